The summed E-state index contributed by atoms with van der Waals surface area (Å²) in [5, 5.41) is 0. The molecule has 1 heterocycles. The highest BCUT2D eigenvalue weighted by molar-refractivity contribution is 7.91. The van der Waals surface area contributed by atoms with Crippen molar-refractivity contribution < 1.29 is 27.5 Å². The first-order valence-corrected chi connectivity index (χ1v) is 8.60. The minimum absolute atomic E-state index is 0.00129. The van der Waals surface area contributed by atoms with E-state index in [1.807, 2.05) is 4.72 Å². The van der Waals surface area contributed by atoms with Gasteiger partial charge in [0.15, 0.2) is 0 Å². The molecule has 21 heavy (non-hydrogen) atoms. The number of halogens is 1. The summed E-state index contributed by atoms with van der Waals surface area (Å²) in [4.78, 5) is 23.4. The van der Waals surface area contributed by atoms with Gasteiger partial charge in [-0.25, -0.2) is 18.0 Å². The van der Waals surface area contributed by atoms with Crippen LogP contribution in [-0.2, 0) is 29.1 Å². The van der Waals surface area contributed by atoms with Gasteiger partial charge < -0.3 is 9.47 Å². The Hall–Kier alpha value is -1.16. The Morgan fingerprint density at radius 1 is 1.24 bits per heavy atom. The minimum atomic E-state index is -4.08. The van der Waals surface area contributed by atoms with Crippen molar-refractivity contribution in [3.05, 3.63) is 16.5 Å². The predicted octanol–water partition coefficient (Wildman–Crippen LogP) is 1.17. The van der Waals surface area contributed by atoms with Gasteiger partial charge in [-0.05, 0) is 26.0 Å². The fourth-order valence-corrected chi connectivity index (χ4v) is 3.93. The van der Waals surface area contributed by atoms with Crippen LogP contribution in [0.25, 0.3) is 0 Å². The first-order valence-electron chi connectivity index (χ1n) is 5.92. The fraction of sp³-hybridized carbons (Fsp3) is 0.455. The summed E-state index contributed by atoms with van der Waals surface area (Å²) < 4.78 is 35.6. The molecule has 0 radical (unpaired) electrons. The molecule has 1 rings (SSSR count). The number of sulfonamides is 1. The Kier molecular flexibility index (Phi) is 6.59. The predicted molar refractivity (Wildman–Crippen MR) is 76.7 cm³/mol. The molecule has 0 fully saturated rings. The van der Waals surface area contributed by atoms with Gasteiger partial charge in [-0.15, -0.1) is 11.3 Å². The van der Waals surface area contributed by atoms with E-state index in [1.54, 1.807) is 0 Å². The molecule has 0 saturated heterocycles. The zero-order valence-electron chi connectivity index (χ0n) is 11.3. The van der Waals surface area contributed by atoms with Gasteiger partial charge in [-0.3, -0.25) is 0 Å². The van der Waals surface area contributed by atoms with Crippen LogP contribution in [0.1, 0.15) is 13.8 Å². The molecule has 118 valence electrons. The molecule has 7 nitrogen and oxygen atoms in total. The van der Waals surface area contributed by atoms with E-state index in [-0.39, 0.29) is 21.8 Å². The van der Waals surface area contributed by atoms with Crippen LogP contribution >= 0.6 is 22.9 Å². The van der Waals surface area contributed by atoms with E-state index < -0.39 is 28.0 Å². The average Bonchev–Trinajstić information content (AvgIpc) is 2.84. The molecule has 1 N–H and O–H groups in total. The second-order valence-corrected chi connectivity index (χ2v) is 7.27. The smallest absolute Gasteiger partial charge is 0.335 e. The van der Waals surface area contributed by atoms with Gasteiger partial charge in [0.05, 0.1) is 17.6 Å². The molecule has 0 spiro atoms. The topological polar surface area (TPSA) is 98.8 Å². The minimum Gasteiger partial charge on any atom is -0.464 e. The molecule has 0 amide bonds. The van der Waals surface area contributed by atoms with Crippen molar-refractivity contribution in [2.45, 2.75) is 24.1 Å². The van der Waals surface area contributed by atoms with E-state index in [0.29, 0.717) is 0 Å². The summed E-state index contributed by atoms with van der Waals surface area (Å²) in [6, 6.07) is 0.906. The highest BCUT2D eigenvalue weighted by Gasteiger charge is 2.34. The maximum atomic E-state index is 12.1. The fourth-order valence-electron chi connectivity index (χ4n) is 1.30. The highest BCUT2D eigenvalue weighted by Crippen LogP contribution is 2.25. The van der Waals surface area contributed by atoms with E-state index >= 15 is 0 Å². The standard InChI is InChI=1S/C11H14ClNO6S2/c1-3-18-10(14)9(11(15)19-4-2)13-21(16,17)8-6-5-7(12)20-8/h5-6,9,13H,3-4H2,1-2H3. The largest absolute Gasteiger partial charge is 0.464 e. The van der Waals surface area contributed by atoms with Crippen LogP contribution in [0.4, 0.5) is 0 Å². The van der Waals surface area contributed by atoms with Crippen LogP contribution in [0.3, 0.4) is 0 Å². The second-order valence-electron chi connectivity index (χ2n) is 3.62. The van der Waals surface area contributed by atoms with E-state index in [1.165, 1.54) is 26.0 Å². The SMILES string of the molecule is CCOC(=O)C(NS(=O)(=O)c1ccc(Cl)s1)C(=O)OCC. The number of carbonyl (C=O) groups is 2. The van der Waals surface area contributed by atoms with Crippen LogP contribution in [-0.4, -0.2) is 39.6 Å². The summed E-state index contributed by atoms with van der Waals surface area (Å²) in [6.07, 6.45) is 0. The second kappa shape index (κ2) is 7.74. The van der Waals surface area contributed by atoms with Gasteiger partial charge in [0.1, 0.15) is 4.21 Å². The molecule has 0 unspecified atom stereocenters. The third-order valence-corrected chi connectivity index (χ3v) is 5.28. The van der Waals surface area contributed by atoms with Crippen LogP contribution in [0, 0.1) is 0 Å². The Labute approximate surface area is 131 Å². The van der Waals surface area contributed by atoms with Crippen molar-refractivity contribution in [3.63, 3.8) is 0 Å². The van der Waals surface area contributed by atoms with E-state index in [4.69, 9.17) is 11.6 Å². The van der Waals surface area contributed by atoms with Gasteiger partial charge >= 0.3 is 11.9 Å². The molecule has 1 aromatic heterocycles. The molecule has 10 heteroatoms. The normalized spacial score (nSPS) is 11.4. The van der Waals surface area contributed by atoms with E-state index in [0.717, 1.165) is 11.3 Å². The molecule has 1 aromatic rings. The average molecular weight is 356 g/mol. The summed E-state index contributed by atoms with van der Waals surface area (Å²) in [5.41, 5.74) is 0. The molecule has 0 bridgehead atoms. The summed E-state index contributed by atoms with van der Waals surface area (Å²) in [7, 11) is -4.08. The maximum Gasteiger partial charge on any atom is 0.335 e. The number of ether oxygens (including phenoxy) is 2. The Bertz CT molecular complexity index is 594. The van der Waals surface area contributed by atoms with Gasteiger partial charge in [-0.2, -0.15) is 4.72 Å². The molecular formula is C11H14ClNO6S2. The molecule has 0 aliphatic carbocycles. The first-order chi connectivity index (χ1) is 9.81. The molecule has 0 aliphatic heterocycles. The van der Waals surface area contributed by atoms with E-state index in [2.05, 4.69) is 9.47 Å². The van der Waals surface area contributed by atoms with Crippen molar-refractivity contribution in [2.24, 2.45) is 0 Å². The number of hydrogen-bond donors (Lipinski definition) is 1. The number of hydrogen-bond acceptors (Lipinski definition) is 7. The Balaban J connectivity index is 2.99. The lowest BCUT2D eigenvalue weighted by Crippen LogP contribution is -2.48. The summed E-state index contributed by atoms with van der Waals surface area (Å²) in [5.74, 6) is -2.05. The monoisotopic (exact) mass is 355 g/mol. The van der Waals surface area contributed by atoms with Crippen molar-refractivity contribution in [2.75, 3.05) is 13.2 Å². The van der Waals surface area contributed by atoms with Crippen molar-refractivity contribution >= 4 is 44.9 Å². The third kappa shape index (κ3) is 4.95. The van der Waals surface area contributed by atoms with Crippen molar-refractivity contribution in [1.29, 1.82) is 0 Å². The first kappa shape index (κ1) is 17.9. The summed E-state index contributed by atoms with van der Waals surface area (Å²) >= 11 is 6.47. The Morgan fingerprint density at radius 3 is 2.14 bits per heavy atom. The molecule has 0 aromatic carbocycles. The Morgan fingerprint density at radius 2 is 1.76 bits per heavy atom. The zero-order valence-corrected chi connectivity index (χ0v) is 13.7. The number of esters is 2. The highest BCUT2D eigenvalue weighted by atomic mass is 35.5. The van der Waals surface area contributed by atoms with E-state index in [9.17, 15) is 18.0 Å². The zero-order chi connectivity index (χ0) is 16.0. The number of rotatable bonds is 7. The maximum absolute atomic E-state index is 12.1. The molecular weight excluding hydrogens is 342 g/mol. The van der Waals surface area contributed by atoms with Gasteiger partial charge in [0, 0.05) is 0 Å². The van der Waals surface area contributed by atoms with Crippen LogP contribution in [0.5, 0.6) is 0 Å². The van der Waals surface area contributed by atoms with Crippen LogP contribution < -0.4 is 4.72 Å². The van der Waals surface area contributed by atoms with Gasteiger partial charge in [0.2, 0.25) is 6.04 Å². The molecule has 0 aliphatic rings. The number of nitrogens with one attached hydrogen (secondary N) is 1. The van der Waals surface area contributed by atoms with Crippen molar-refractivity contribution in [1.82, 2.24) is 4.72 Å². The van der Waals surface area contributed by atoms with Gasteiger partial charge in [-0.1, -0.05) is 11.6 Å². The lowest BCUT2D eigenvalue weighted by Gasteiger charge is -2.15. The molecule has 0 atom stereocenters. The summed E-state index contributed by atoms with van der Waals surface area (Å²) in [6.45, 7) is 3.07. The number of thiophene rings is 1. The lowest BCUT2D eigenvalue weighted by atomic mass is 10.3. The van der Waals surface area contributed by atoms with Gasteiger partial charge in [0.25, 0.3) is 10.0 Å². The third-order valence-electron chi connectivity index (χ3n) is 2.13. The quantitative estimate of drug-likeness (QED) is 0.582. The van der Waals surface area contributed by atoms with Crippen LogP contribution in [0.15, 0.2) is 16.3 Å². The van der Waals surface area contributed by atoms with Crippen molar-refractivity contribution in [3.8, 4) is 0 Å². The molecule has 0 saturated carbocycles. The number of carbonyl (C=O) groups excluding carboxylic acids is 2. The lowest BCUT2D eigenvalue weighted by molar-refractivity contribution is -0.157. The van der Waals surface area contributed by atoms with Crippen LogP contribution in [0.2, 0.25) is 4.34 Å².